The molecule has 0 saturated heterocycles. The summed E-state index contributed by atoms with van der Waals surface area (Å²) in [6.45, 7) is 4.74. The van der Waals surface area contributed by atoms with Crippen molar-refractivity contribution in [2.75, 3.05) is 7.05 Å². The summed E-state index contributed by atoms with van der Waals surface area (Å²) in [6, 6.07) is 6.15. The minimum atomic E-state index is 0.116. The van der Waals surface area contributed by atoms with E-state index in [4.69, 9.17) is 0 Å². The molecule has 1 aliphatic rings. The Balaban J connectivity index is 2.12. The third-order valence-electron chi connectivity index (χ3n) is 3.26. The lowest BCUT2D eigenvalue weighted by Crippen LogP contribution is -2.17. The van der Waals surface area contributed by atoms with Crippen LogP contribution >= 0.6 is 11.3 Å². The molecule has 0 atom stereocenters. The summed E-state index contributed by atoms with van der Waals surface area (Å²) in [4.78, 5) is 19.3. The van der Waals surface area contributed by atoms with Crippen LogP contribution in [0.15, 0.2) is 18.2 Å². The fraction of sp³-hybridized carbons (Fsp3) is 0.286. The molecule has 92 valence electrons. The number of carbonyl (C=O) groups excluding carboxylic acids is 1. The smallest absolute Gasteiger partial charge is 0.254 e. The normalized spacial score (nSPS) is 14.2. The van der Waals surface area contributed by atoms with Gasteiger partial charge in [-0.05, 0) is 31.0 Å². The molecular formula is C14H14N2OS. The highest BCUT2D eigenvalue weighted by molar-refractivity contribution is 7.15. The van der Waals surface area contributed by atoms with Crippen LogP contribution in [0.4, 0.5) is 0 Å². The topological polar surface area (TPSA) is 33.2 Å². The van der Waals surface area contributed by atoms with Gasteiger partial charge in [0.15, 0.2) is 0 Å². The molecule has 1 aromatic heterocycles. The van der Waals surface area contributed by atoms with Crippen molar-refractivity contribution in [1.82, 2.24) is 9.88 Å². The summed E-state index contributed by atoms with van der Waals surface area (Å²) in [5.74, 6) is 0.116. The predicted molar refractivity (Wildman–Crippen MR) is 72.8 cm³/mol. The van der Waals surface area contributed by atoms with Crippen LogP contribution in [0.25, 0.3) is 10.4 Å². The number of nitrogens with zero attached hydrogens (tertiary/aromatic N) is 2. The Hall–Kier alpha value is -1.68. The van der Waals surface area contributed by atoms with Crippen molar-refractivity contribution in [3.8, 4) is 10.4 Å². The van der Waals surface area contributed by atoms with Crippen LogP contribution in [-0.4, -0.2) is 22.8 Å². The minimum Gasteiger partial charge on any atom is -0.337 e. The molecule has 4 heteroatoms. The highest BCUT2D eigenvalue weighted by Gasteiger charge is 2.24. The lowest BCUT2D eigenvalue weighted by molar-refractivity contribution is 0.0816. The van der Waals surface area contributed by atoms with Crippen LogP contribution in [-0.2, 0) is 6.54 Å². The predicted octanol–water partition coefficient (Wildman–Crippen LogP) is 3.01. The van der Waals surface area contributed by atoms with Crippen molar-refractivity contribution in [2.24, 2.45) is 0 Å². The first kappa shape index (κ1) is 11.4. The summed E-state index contributed by atoms with van der Waals surface area (Å²) in [7, 11) is 1.84. The van der Waals surface area contributed by atoms with Crippen LogP contribution in [0.3, 0.4) is 0 Å². The van der Waals surface area contributed by atoms with Crippen molar-refractivity contribution in [2.45, 2.75) is 20.4 Å². The average molecular weight is 258 g/mol. The molecule has 1 aromatic carbocycles. The molecule has 0 fully saturated rings. The molecule has 2 heterocycles. The Morgan fingerprint density at radius 2 is 2.11 bits per heavy atom. The summed E-state index contributed by atoms with van der Waals surface area (Å²) >= 11 is 1.68. The molecule has 18 heavy (non-hydrogen) atoms. The van der Waals surface area contributed by atoms with Gasteiger partial charge in [0.1, 0.15) is 0 Å². The van der Waals surface area contributed by atoms with E-state index in [0.29, 0.717) is 0 Å². The number of rotatable bonds is 1. The maximum Gasteiger partial charge on any atom is 0.254 e. The van der Waals surface area contributed by atoms with Crippen LogP contribution in [0.2, 0.25) is 0 Å². The second-order valence-electron chi connectivity index (χ2n) is 4.68. The van der Waals surface area contributed by atoms with Crippen molar-refractivity contribution < 1.29 is 4.79 Å². The quantitative estimate of drug-likeness (QED) is 0.787. The van der Waals surface area contributed by atoms with E-state index in [1.807, 2.05) is 27.0 Å². The zero-order valence-electron chi connectivity index (χ0n) is 10.7. The summed E-state index contributed by atoms with van der Waals surface area (Å²) in [5, 5.41) is 1.06. The zero-order chi connectivity index (χ0) is 12.9. The van der Waals surface area contributed by atoms with Gasteiger partial charge in [0, 0.05) is 19.2 Å². The van der Waals surface area contributed by atoms with Gasteiger partial charge in [-0.25, -0.2) is 4.98 Å². The van der Waals surface area contributed by atoms with E-state index < -0.39 is 0 Å². The van der Waals surface area contributed by atoms with E-state index in [2.05, 4.69) is 17.1 Å². The van der Waals surface area contributed by atoms with E-state index >= 15 is 0 Å². The molecule has 0 bridgehead atoms. The van der Waals surface area contributed by atoms with Gasteiger partial charge in [-0.2, -0.15) is 0 Å². The third-order valence-corrected chi connectivity index (χ3v) is 4.38. The minimum absolute atomic E-state index is 0.116. The van der Waals surface area contributed by atoms with Gasteiger partial charge >= 0.3 is 0 Å². The van der Waals surface area contributed by atoms with Gasteiger partial charge in [0.2, 0.25) is 0 Å². The van der Waals surface area contributed by atoms with Crippen molar-refractivity contribution in [3.05, 3.63) is 40.0 Å². The van der Waals surface area contributed by atoms with Gasteiger partial charge < -0.3 is 4.90 Å². The van der Waals surface area contributed by atoms with E-state index in [1.165, 1.54) is 0 Å². The molecule has 1 aliphatic heterocycles. The number of thiazole rings is 1. The highest BCUT2D eigenvalue weighted by atomic mass is 32.1. The van der Waals surface area contributed by atoms with Crippen LogP contribution in [0.1, 0.15) is 26.6 Å². The summed E-state index contributed by atoms with van der Waals surface area (Å²) in [6.07, 6.45) is 0. The molecule has 0 spiro atoms. The van der Waals surface area contributed by atoms with Crippen LogP contribution < -0.4 is 0 Å². The molecule has 2 aromatic rings. The molecule has 1 amide bonds. The van der Waals surface area contributed by atoms with Crippen molar-refractivity contribution >= 4 is 17.2 Å². The van der Waals surface area contributed by atoms with E-state index in [0.717, 1.165) is 38.8 Å². The SMILES string of the molecule is Cc1nc(C)c(-c2ccc3c(c2)C(=O)N(C)C3)s1. The van der Waals surface area contributed by atoms with Gasteiger partial charge in [0.05, 0.1) is 15.6 Å². The molecule has 3 rings (SSSR count). The molecule has 0 radical (unpaired) electrons. The zero-order valence-corrected chi connectivity index (χ0v) is 11.5. The molecular weight excluding hydrogens is 244 g/mol. The molecule has 0 saturated carbocycles. The first-order chi connectivity index (χ1) is 8.56. The number of amides is 1. The Labute approximate surface area is 110 Å². The van der Waals surface area contributed by atoms with Crippen molar-refractivity contribution in [3.63, 3.8) is 0 Å². The Morgan fingerprint density at radius 1 is 1.33 bits per heavy atom. The number of carbonyl (C=O) groups is 1. The summed E-state index contributed by atoms with van der Waals surface area (Å²) in [5.41, 5.74) is 4.09. The largest absolute Gasteiger partial charge is 0.337 e. The average Bonchev–Trinajstić information content (AvgIpc) is 2.80. The number of aryl methyl sites for hydroxylation is 2. The van der Waals surface area contributed by atoms with Crippen molar-refractivity contribution in [1.29, 1.82) is 0 Å². The van der Waals surface area contributed by atoms with Crippen LogP contribution in [0, 0.1) is 13.8 Å². The maximum atomic E-state index is 12.0. The monoisotopic (exact) mass is 258 g/mol. The Bertz CT molecular complexity index is 645. The van der Waals surface area contributed by atoms with Gasteiger partial charge in [0.25, 0.3) is 5.91 Å². The highest BCUT2D eigenvalue weighted by Crippen LogP contribution is 2.33. The molecule has 0 unspecified atom stereocenters. The lowest BCUT2D eigenvalue weighted by Gasteiger charge is -2.04. The first-order valence-corrected chi connectivity index (χ1v) is 6.70. The Morgan fingerprint density at radius 3 is 2.78 bits per heavy atom. The third kappa shape index (κ3) is 1.64. The Kier molecular flexibility index (Phi) is 2.48. The van der Waals surface area contributed by atoms with E-state index in [1.54, 1.807) is 16.2 Å². The first-order valence-electron chi connectivity index (χ1n) is 5.89. The fourth-order valence-corrected chi connectivity index (χ4v) is 3.30. The molecule has 3 nitrogen and oxygen atoms in total. The van der Waals surface area contributed by atoms with Gasteiger partial charge in [-0.1, -0.05) is 12.1 Å². The number of aromatic nitrogens is 1. The second kappa shape index (κ2) is 3.92. The maximum absolute atomic E-state index is 12.0. The lowest BCUT2D eigenvalue weighted by atomic mass is 10.0. The number of fused-ring (bicyclic) bond motifs is 1. The van der Waals surface area contributed by atoms with E-state index in [-0.39, 0.29) is 5.91 Å². The standard InChI is InChI=1S/C14H14N2OS/c1-8-13(18-9(2)15-8)10-4-5-11-7-16(3)14(17)12(11)6-10/h4-6H,7H2,1-3H3. The van der Waals surface area contributed by atoms with Gasteiger partial charge in [-0.15, -0.1) is 11.3 Å². The summed E-state index contributed by atoms with van der Waals surface area (Å²) < 4.78 is 0. The van der Waals surface area contributed by atoms with Crippen LogP contribution in [0.5, 0.6) is 0 Å². The molecule has 0 aliphatic carbocycles. The van der Waals surface area contributed by atoms with E-state index in [9.17, 15) is 4.79 Å². The number of hydrogen-bond donors (Lipinski definition) is 0. The molecule has 0 N–H and O–H groups in total. The second-order valence-corrected chi connectivity index (χ2v) is 5.88. The number of hydrogen-bond acceptors (Lipinski definition) is 3. The van der Waals surface area contributed by atoms with Gasteiger partial charge in [-0.3, -0.25) is 4.79 Å². The number of benzene rings is 1. The fourth-order valence-electron chi connectivity index (χ4n) is 2.39.